The minimum Gasteiger partial charge on any atom is -0.406 e. The van der Waals surface area contributed by atoms with Crippen LogP contribution in [0, 0.1) is 0 Å². The van der Waals surface area contributed by atoms with Gasteiger partial charge in [-0.15, -0.1) is 5.10 Å². The van der Waals surface area contributed by atoms with Crippen LogP contribution in [0.5, 0.6) is 0 Å². The summed E-state index contributed by atoms with van der Waals surface area (Å²) in [6.45, 7) is 6.11. The SMILES string of the molecule is CCCNC(=O)C(C)Nc1nnc(C(C)N)o1. The second kappa shape index (κ2) is 6.19. The van der Waals surface area contributed by atoms with Crippen LogP contribution in [0.3, 0.4) is 0 Å². The Kier molecular flexibility index (Phi) is 4.89. The number of anilines is 1. The van der Waals surface area contributed by atoms with E-state index in [2.05, 4.69) is 20.8 Å². The number of hydrogen-bond donors (Lipinski definition) is 3. The predicted octanol–water partition coefficient (Wildman–Crippen LogP) is 0.416. The smallest absolute Gasteiger partial charge is 0.316 e. The molecule has 0 aliphatic heterocycles. The van der Waals surface area contributed by atoms with E-state index in [1.165, 1.54) is 0 Å². The van der Waals surface area contributed by atoms with E-state index < -0.39 is 6.04 Å². The second-order valence-corrected chi connectivity index (χ2v) is 3.89. The molecule has 0 saturated carbocycles. The molecule has 0 aromatic carbocycles. The first-order chi connectivity index (χ1) is 8.04. The van der Waals surface area contributed by atoms with Gasteiger partial charge >= 0.3 is 6.01 Å². The number of carbonyl (C=O) groups excluding carboxylic acids is 1. The van der Waals surface area contributed by atoms with Gasteiger partial charge in [-0.2, -0.15) is 0 Å². The van der Waals surface area contributed by atoms with Gasteiger partial charge in [0.15, 0.2) is 0 Å². The quantitative estimate of drug-likeness (QED) is 0.666. The summed E-state index contributed by atoms with van der Waals surface area (Å²) in [5.41, 5.74) is 5.58. The zero-order valence-corrected chi connectivity index (χ0v) is 10.4. The molecule has 1 rings (SSSR count). The molecule has 96 valence electrons. The van der Waals surface area contributed by atoms with Gasteiger partial charge in [0.25, 0.3) is 0 Å². The highest BCUT2D eigenvalue weighted by molar-refractivity contribution is 5.83. The summed E-state index contributed by atoms with van der Waals surface area (Å²) in [6.07, 6.45) is 0.897. The first-order valence-corrected chi connectivity index (χ1v) is 5.67. The van der Waals surface area contributed by atoms with Crippen molar-refractivity contribution in [2.75, 3.05) is 11.9 Å². The normalized spacial score (nSPS) is 14.1. The third-order valence-corrected chi connectivity index (χ3v) is 2.11. The molecule has 1 amide bonds. The highest BCUT2D eigenvalue weighted by Crippen LogP contribution is 2.11. The topological polar surface area (TPSA) is 106 Å². The van der Waals surface area contributed by atoms with Crippen LogP contribution in [0.25, 0.3) is 0 Å². The van der Waals surface area contributed by atoms with E-state index in [1.807, 2.05) is 6.92 Å². The third kappa shape index (κ3) is 4.03. The van der Waals surface area contributed by atoms with Crippen LogP contribution >= 0.6 is 0 Å². The summed E-state index contributed by atoms with van der Waals surface area (Å²) in [6, 6.07) is -0.540. The summed E-state index contributed by atoms with van der Waals surface area (Å²) in [5, 5.41) is 13.1. The summed E-state index contributed by atoms with van der Waals surface area (Å²) >= 11 is 0. The van der Waals surface area contributed by atoms with Crippen molar-refractivity contribution in [3.8, 4) is 0 Å². The van der Waals surface area contributed by atoms with Crippen LogP contribution in [0.1, 0.15) is 39.1 Å². The Bertz CT molecular complexity index is 363. The number of rotatable bonds is 6. The van der Waals surface area contributed by atoms with Crippen molar-refractivity contribution >= 4 is 11.9 Å². The lowest BCUT2D eigenvalue weighted by atomic mass is 10.3. The Morgan fingerprint density at radius 3 is 2.71 bits per heavy atom. The van der Waals surface area contributed by atoms with Gasteiger partial charge < -0.3 is 20.8 Å². The van der Waals surface area contributed by atoms with Crippen molar-refractivity contribution < 1.29 is 9.21 Å². The van der Waals surface area contributed by atoms with Crippen molar-refractivity contribution in [3.63, 3.8) is 0 Å². The van der Waals surface area contributed by atoms with Crippen LogP contribution in [0.4, 0.5) is 6.01 Å². The van der Waals surface area contributed by atoms with Crippen LogP contribution in [0.15, 0.2) is 4.42 Å². The largest absolute Gasteiger partial charge is 0.406 e. The lowest BCUT2D eigenvalue weighted by molar-refractivity contribution is -0.121. The minimum atomic E-state index is -0.428. The van der Waals surface area contributed by atoms with E-state index in [1.54, 1.807) is 13.8 Å². The average Bonchev–Trinajstić information content (AvgIpc) is 2.74. The van der Waals surface area contributed by atoms with Crippen molar-refractivity contribution in [2.45, 2.75) is 39.3 Å². The number of aromatic nitrogens is 2. The van der Waals surface area contributed by atoms with Gasteiger partial charge in [-0.05, 0) is 20.3 Å². The van der Waals surface area contributed by atoms with Crippen molar-refractivity contribution in [2.24, 2.45) is 5.73 Å². The van der Waals surface area contributed by atoms with Crippen molar-refractivity contribution in [3.05, 3.63) is 5.89 Å². The molecule has 7 nitrogen and oxygen atoms in total. The fourth-order valence-electron chi connectivity index (χ4n) is 1.13. The van der Waals surface area contributed by atoms with E-state index in [9.17, 15) is 4.79 Å². The fraction of sp³-hybridized carbons (Fsp3) is 0.700. The van der Waals surface area contributed by atoms with Crippen LogP contribution < -0.4 is 16.4 Å². The number of nitrogens with two attached hydrogens (primary N) is 1. The molecule has 17 heavy (non-hydrogen) atoms. The Balaban J connectivity index is 2.49. The number of nitrogens with zero attached hydrogens (tertiary/aromatic N) is 2. The summed E-state index contributed by atoms with van der Waals surface area (Å²) < 4.78 is 5.23. The molecule has 0 saturated heterocycles. The van der Waals surface area contributed by atoms with Crippen LogP contribution in [-0.2, 0) is 4.79 Å². The maximum atomic E-state index is 11.6. The van der Waals surface area contributed by atoms with E-state index in [0.717, 1.165) is 6.42 Å². The molecule has 2 atom stereocenters. The standard InChI is InChI=1S/C10H19N5O2/c1-4-5-12-8(16)7(3)13-10-15-14-9(17-10)6(2)11/h6-7H,4-5,11H2,1-3H3,(H,12,16)(H,13,15). The molecular weight excluding hydrogens is 222 g/mol. The van der Waals surface area contributed by atoms with Crippen molar-refractivity contribution in [1.82, 2.24) is 15.5 Å². The molecule has 0 fully saturated rings. The molecule has 1 aromatic rings. The van der Waals surface area contributed by atoms with Gasteiger partial charge in [0.1, 0.15) is 6.04 Å². The van der Waals surface area contributed by atoms with Crippen molar-refractivity contribution in [1.29, 1.82) is 0 Å². The lowest BCUT2D eigenvalue weighted by Gasteiger charge is -2.11. The molecule has 7 heteroatoms. The van der Waals surface area contributed by atoms with E-state index in [4.69, 9.17) is 10.2 Å². The second-order valence-electron chi connectivity index (χ2n) is 3.89. The maximum Gasteiger partial charge on any atom is 0.316 e. The van der Waals surface area contributed by atoms with Gasteiger partial charge in [0, 0.05) is 6.54 Å². The molecule has 1 heterocycles. The minimum absolute atomic E-state index is 0.104. The Morgan fingerprint density at radius 2 is 2.18 bits per heavy atom. The molecule has 0 spiro atoms. The number of carbonyl (C=O) groups is 1. The zero-order chi connectivity index (χ0) is 12.8. The molecule has 0 bridgehead atoms. The summed E-state index contributed by atoms with van der Waals surface area (Å²) in [7, 11) is 0. The van der Waals surface area contributed by atoms with E-state index in [0.29, 0.717) is 12.4 Å². The van der Waals surface area contributed by atoms with Gasteiger partial charge in [-0.3, -0.25) is 4.79 Å². The number of amides is 1. The average molecular weight is 241 g/mol. The van der Waals surface area contributed by atoms with E-state index >= 15 is 0 Å². The molecule has 2 unspecified atom stereocenters. The van der Waals surface area contributed by atoms with Gasteiger partial charge in [0.2, 0.25) is 11.8 Å². The Hall–Kier alpha value is -1.63. The first-order valence-electron chi connectivity index (χ1n) is 5.67. The summed E-state index contributed by atoms with van der Waals surface area (Å²) in [4.78, 5) is 11.6. The zero-order valence-electron chi connectivity index (χ0n) is 10.4. The molecule has 4 N–H and O–H groups in total. The summed E-state index contributed by atoms with van der Waals surface area (Å²) in [5.74, 6) is 0.237. The molecular formula is C10H19N5O2. The monoisotopic (exact) mass is 241 g/mol. The van der Waals surface area contributed by atoms with Crippen LogP contribution in [-0.4, -0.2) is 28.7 Å². The first kappa shape index (κ1) is 13.4. The van der Waals surface area contributed by atoms with Gasteiger partial charge in [-0.25, -0.2) is 0 Å². The molecule has 0 aliphatic carbocycles. The van der Waals surface area contributed by atoms with Gasteiger partial charge in [0.05, 0.1) is 6.04 Å². The maximum absolute atomic E-state index is 11.6. The van der Waals surface area contributed by atoms with Gasteiger partial charge in [-0.1, -0.05) is 12.0 Å². The number of hydrogen-bond acceptors (Lipinski definition) is 6. The molecule has 0 aliphatic rings. The lowest BCUT2D eigenvalue weighted by Crippen LogP contribution is -2.37. The highest BCUT2D eigenvalue weighted by Gasteiger charge is 2.16. The Morgan fingerprint density at radius 1 is 1.47 bits per heavy atom. The molecule has 0 radical (unpaired) electrons. The Labute approximate surface area is 100 Å². The predicted molar refractivity (Wildman–Crippen MR) is 63.3 cm³/mol. The fourth-order valence-corrected chi connectivity index (χ4v) is 1.13. The number of nitrogens with one attached hydrogen (secondary N) is 2. The molecule has 1 aromatic heterocycles. The van der Waals surface area contributed by atoms with Crippen LogP contribution in [0.2, 0.25) is 0 Å². The third-order valence-electron chi connectivity index (χ3n) is 2.11. The highest BCUT2D eigenvalue weighted by atomic mass is 16.4. The van der Waals surface area contributed by atoms with E-state index in [-0.39, 0.29) is 18.0 Å².